The van der Waals surface area contributed by atoms with Crippen molar-refractivity contribution in [2.75, 3.05) is 6.54 Å². The molecule has 20 heavy (non-hydrogen) atoms. The smallest absolute Gasteiger partial charge is 0.242 e. The van der Waals surface area contributed by atoms with Gasteiger partial charge in [-0.2, -0.15) is 5.10 Å². The van der Waals surface area contributed by atoms with Crippen molar-refractivity contribution in [2.24, 2.45) is 0 Å². The molecule has 2 aromatic heterocycles. The highest BCUT2D eigenvalue weighted by molar-refractivity contribution is 7.89. The van der Waals surface area contributed by atoms with E-state index in [1.165, 1.54) is 17.7 Å². The van der Waals surface area contributed by atoms with Crippen molar-refractivity contribution in [3.63, 3.8) is 0 Å². The zero-order valence-electron chi connectivity index (χ0n) is 11.3. The molecule has 9 heteroatoms. The van der Waals surface area contributed by atoms with Gasteiger partial charge in [-0.15, -0.1) is 11.3 Å². The Kier molecular flexibility index (Phi) is 4.86. The molecule has 7 nitrogen and oxygen atoms in total. The monoisotopic (exact) mass is 315 g/mol. The first-order valence-corrected chi connectivity index (χ1v) is 8.55. The lowest BCUT2D eigenvalue weighted by Gasteiger charge is -2.10. The summed E-state index contributed by atoms with van der Waals surface area (Å²) in [6.07, 6.45) is 1.35. The summed E-state index contributed by atoms with van der Waals surface area (Å²) in [6.45, 7) is 5.24. The molecule has 0 aliphatic rings. The maximum absolute atomic E-state index is 12.2. The van der Waals surface area contributed by atoms with Crippen molar-refractivity contribution in [3.05, 3.63) is 28.5 Å². The highest BCUT2D eigenvalue weighted by atomic mass is 32.2. The first-order valence-electron chi connectivity index (χ1n) is 6.18. The lowest BCUT2D eigenvalue weighted by molar-refractivity contribution is 0.560. The second-order valence-electron chi connectivity index (χ2n) is 4.24. The largest absolute Gasteiger partial charge is 0.312 e. The Labute approximate surface area is 121 Å². The molecule has 1 atom stereocenters. The minimum absolute atomic E-state index is 0.279. The van der Waals surface area contributed by atoms with Gasteiger partial charge in [0, 0.05) is 16.8 Å². The van der Waals surface area contributed by atoms with E-state index in [9.17, 15) is 8.42 Å². The molecule has 2 rings (SSSR count). The molecule has 0 aliphatic heterocycles. The Bertz CT molecular complexity index is 636. The van der Waals surface area contributed by atoms with Crippen molar-refractivity contribution >= 4 is 21.4 Å². The predicted octanol–water partition coefficient (Wildman–Crippen LogP) is 1.02. The summed E-state index contributed by atoms with van der Waals surface area (Å²) >= 11 is 1.42. The van der Waals surface area contributed by atoms with E-state index in [0.717, 1.165) is 11.4 Å². The molecule has 2 heterocycles. The van der Waals surface area contributed by atoms with Gasteiger partial charge in [0.2, 0.25) is 10.0 Å². The first kappa shape index (κ1) is 15.1. The third kappa shape index (κ3) is 3.63. The van der Waals surface area contributed by atoms with E-state index in [0.29, 0.717) is 12.4 Å². The van der Waals surface area contributed by atoms with Crippen LogP contribution < -0.4 is 10.0 Å². The van der Waals surface area contributed by atoms with Crippen molar-refractivity contribution in [3.8, 4) is 0 Å². The minimum atomic E-state index is -3.54. The number of aromatic nitrogens is 3. The Morgan fingerprint density at radius 2 is 2.30 bits per heavy atom. The highest BCUT2D eigenvalue weighted by Gasteiger charge is 2.21. The van der Waals surface area contributed by atoms with Gasteiger partial charge in [-0.1, -0.05) is 6.92 Å². The van der Waals surface area contributed by atoms with E-state index in [1.54, 1.807) is 18.4 Å². The molecular formula is C11H17N5O2S2. The summed E-state index contributed by atoms with van der Waals surface area (Å²) in [6, 6.07) is 1.22. The van der Waals surface area contributed by atoms with E-state index in [2.05, 4.69) is 25.2 Å². The van der Waals surface area contributed by atoms with Crippen molar-refractivity contribution in [1.29, 1.82) is 0 Å². The number of sulfonamides is 1. The molecule has 1 unspecified atom stereocenters. The summed E-state index contributed by atoms with van der Waals surface area (Å²) < 4.78 is 27.0. The molecule has 0 saturated heterocycles. The zero-order valence-corrected chi connectivity index (χ0v) is 12.9. The lowest BCUT2D eigenvalue weighted by atomic mass is 10.3. The Hall–Kier alpha value is -1.29. The highest BCUT2D eigenvalue weighted by Crippen LogP contribution is 2.20. The standard InChI is InChI=1S/C11H17N5O2S2/c1-3-12-5-9-4-10(6-19-9)20(17,18)16-8(2)11-13-7-14-15-11/h4,6-8,12,16H,3,5H2,1-2H3,(H,13,14,15). The topological polar surface area (TPSA) is 99.8 Å². The molecule has 0 fully saturated rings. The van der Waals surface area contributed by atoms with Crippen LogP contribution in [0.5, 0.6) is 0 Å². The number of H-pyrrole nitrogens is 1. The average molecular weight is 315 g/mol. The number of aromatic amines is 1. The van der Waals surface area contributed by atoms with Crippen molar-refractivity contribution < 1.29 is 8.42 Å². The van der Waals surface area contributed by atoms with Crippen LogP contribution in [0.15, 0.2) is 22.7 Å². The fraction of sp³-hybridized carbons (Fsp3) is 0.455. The molecule has 2 aromatic rings. The van der Waals surface area contributed by atoms with Gasteiger partial charge in [-0.05, 0) is 19.5 Å². The van der Waals surface area contributed by atoms with Crippen LogP contribution in [-0.4, -0.2) is 30.1 Å². The SMILES string of the molecule is CCNCc1cc(S(=O)(=O)NC(C)c2ncn[nH]2)cs1. The van der Waals surface area contributed by atoms with Gasteiger partial charge in [0.25, 0.3) is 0 Å². The quantitative estimate of drug-likeness (QED) is 0.708. The normalized spacial score (nSPS) is 13.5. The molecule has 3 N–H and O–H groups in total. The van der Waals surface area contributed by atoms with Gasteiger partial charge in [0.15, 0.2) is 0 Å². The van der Waals surface area contributed by atoms with E-state index < -0.39 is 16.1 Å². The van der Waals surface area contributed by atoms with Gasteiger partial charge >= 0.3 is 0 Å². The van der Waals surface area contributed by atoms with E-state index in [1.807, 2.05) is 6.92 Å². The Morgan fingerprint density at radius 3 is 2.95 bits per heavy atom. The molecule has 0 bridgehead atoms. The van der Waals surface area contributed by atoms with Crippen LogP contribution >= 0.6 is 11.3 Å². The Morgan fingerprint density at radius 1 is 1.50 bits per heavy atom. The van der Waals surface area contributed by atoms with Gasteiger partial charge in [-0.3, -0.25) is 5.10 Å². The molecule has 110 valence electrons. The summed E-state index contributed by atoms with van der Waals surface area (Å²) in [5.41, 5.74) is 0. The lowest BCUT2D eigenvalue weighted by Crippen LogP contribution is -2.27. The molecule has 0 radical (unpaired) electrons. The van der Waals surface area contributed by atoms with E-state index in [4.69, 9.17) is 0 Å². The minimum Gasteiger partial charge on any atom is -0.312 e. The third-order valence-electron chi connectivity index (χ3n) is 2.66. The molecule has 0 aliphatic carbocycles. The maximum Gasteiger partial charge on any atom is 0.242 e. The van der Waals surface area contributed by atoms with Crippen LogP contribution in [0.3, 0.4) is 0 Å². The molecule has 0 saturated carbocycles. The van der Waals surface area contributed by atoms with Crippen LogP contribution in [0.25, 0.3) is 0 Å². The fourth-order valence-corrected chi connectivity index (χ4v) is 4.07. The van der Waals surface area contributed by atoms with Crippen LogP contribution in [0.4, 0.5) is 0 Å². The van der Waals surface area contributed by atoms with Crippen LogP contribution in [-0.2, 0) is 16.6 Å². The second kappa shape index (κ2) is 6.44. The number of nitrogens with one attached hydrogen (secondary N) is 3. The van der Waals surface area contributed by atoms with Crippen LogP contribution in [0.2, 0.25) is 0 Å². The molecule has 0 aromatic carbocycles. The number of hydrogen-bond donors (Lipinski definition) is 3. The predicted molar refractivity (Wildman–Crippen MR) is 76.8 cm³/mol. The van der Waals surface area contributed by atoms with Gasteiger partial charge in [0.1, 0.15) is 12.2 Å². The first-order chi connectivity index (χ1) is 9.53. The fourth-order valence-electron chi connectivity index (χ4n) is 1.62. The van der Waals surface area contributed by atoms with Crippen molar-refractivity contribution in [2.45, 2.75) is 31.3 Å². The third-order valence-corrected chi connectivity index (χ3v) is 5.27. The summed E-state index contributed by atoms with van der Waals surface area (Å²) in [7, 11) is -3.54. The summed E-state index contributed by atoms with van der Waals surface area (Å²) in [5, 5.41) is 11.2. The number of thiophene rings is 1. The van der Waals surface area contributed by atoms with Gasteiger partial charge < -0.3 is 5.32 Å². The maximum atomic E-state index is 12.2. The average Bonchev–Trinajstić information content (AvgIpc) is 3.07. The van der Waals surface area contributed by atoms with E-state index >= 15 is 0 Å². The number of nitrogens with zero attached hydrogens (tertiary/aromatic N) is 2. The zero-order chi connectivity index (χ0) is 14.6. The van der Waals surface area contributed by atoms with Crippen LogP contribution in [0, 0.1) is 0 Å². The van der Waals surface area contributed by atoms with Crippen LogP contribution in [0.1, 0.15) is 30.6 Å². The van der Waals surface area contributed by atoms with E-state index in [-0.39, 0.29) is 4.90 Å². The number of rotatable bonds is 7. The summed E-state index contributed by atoms with van der Waals surface area (Å²) in [4.78, 5) is 5.20. The second-order valence-corrected chi connectivity index (χ2v) is 6.95. The Balaban J connectivity index is 2.08. The molecule has 0 amide bonds. The van der Waals surface area contributed by atoms with Gasteiger partial charge in [0.05, 0.1) is 10.9 Å². The van der Waals surface area contributed by atoms with Gasteiger partial charge in [-0.25, -0.2) is 18.1 Å². The van der Waals surface area contributed by atoms with Crippen molar-refractivity contribution in [1.82, 2.24) is 25.2 Å². The molecular weight excluding hydrogens is 298 g/mol. The molecule has 0 spiro atoms. The number of hydrogen-bond acceptors (Lipinski definition) is 6. The summed E-state index contributed by atoms with van der Waals surface area (Å²) in [5.74, 6) is 0.483.